The number of nitrogens with zero attached hydrogens (tertiary/aromatic N) is 4. The zero-order valence-corrected chi connectivity index (χ0v) is 15.9. The van der Waals surface area contributed by atoms with Crippen molar-refractivity contribution >= 4 is 11.8 Å². The highest BCUT2D eigenvalue weighted by molar-refractivity contribution is 5.65. The van der Waals surface area contributed by atoms with Crippen LogP contribution >= 0.6 is 0 Å². The van der Waals surface area contributed by atoms with Crippen LogP contribution in [0.15, 0.2) is 36.4 Å². The zero-order valence-electron chi connectivity index (χ0n) is 15.9. The number of aromatic nitrogens is 2. The highest BCUT2D eigenvalue weighted by Crippen LogP contribution is 2.28. The summed E-state index contributed by atoms with van der Waals surface area (Å²) in [7, 11) is 0. The first-order valence-electron chi connectivity index (χ1n) is 10.2. The van der Waals surface area contributed by atoms with Gasteiger partial charge in [-0.3, -0.25) is 0 Å². The molecule has 4 nitrogen and oxygen atoms in total. The molecule has 2 saturated heterocycles. The largest absolute Gasteiger partial charge is 0.356 e. The molecule has 1 aromatic heterocycles. The number of benzene rings is 1. The lowest BCUT2D eigenvalue weighted by molar-refractivity contribution is 0.434. The summed E-state index contributed by atoms with van der Waals surface area (Å²) in [5.41, 5.74) is 2.23. The van der Waals surface area contributed by atoms with E-state index in [0.717, 1.165) is 49.6 Å². The molecule has 0 amide bonds. The fourth-order valence-corrected chi connectivity index (χ4v) is 3.99. The average Bonchev–Trinajstić information content (AvgIpc) is 2.98. The second-order valence-electron chi connectivity index (χ2n) is 7.85. The molecule has 138 valence electrons. The Kier molecular flexibility index (Phi) is 5.37. The third-order valence-corrected chi connectivity index (χ3v) is 5.77. The van der Waals surface area contributed by atoms with Crippen LogP contribution in [0.5, 0.6) is 0 Å². The van der Waals surface area contributed by atoms with Gasteiger partial charge in [-0.05, 0) is 31.6 Å². The van der Waals surface area contributed by atoms with E-state index in [1.807, 2.05) is 0 Å². The quantitative estimate of drug-likeness (QED) is 0.799. The van der Waals surface area contributed by atoms with Gasteiger partial charge in [-0.25, -0.2) is 4.98 Å². The highest BCUT2D eigenvalue weighted by atomic mass is 15.3. The van der Waals surface area contributed by atoms with Crippen molar-refractivity contribution in [3.05, 3.63) is 36.4 Å². The Morgan fingerprint density at radius 1 is 0.808 bits per heavy atom. The van der Waals surface area contributed by atoms with Crippen molar-refractivity contribution in [2.24, 2.45) is 5.92 Å². The first-order valence-corrected chi connectivity index (χ1v) is 10.2. The number of rotatable bonds is 3. The molecular formula is C22H30N4. The van der Waals surface area contributed by atoms with Gasteiger partial charge in [-0.2, -0.15) is 4.98 Å². The molecule has 2 fully saturated rings. The molecule has 2 aromatic rings. The summed E-state index contributed by atoms with van der Waals surface area (Å²) in [4.78, 5) is 14.8. The van der Waals surface area contributed by atoms with E-state index in [1.54, 1.807) is 0 Å². The number of piperidine rings is 1. The predicted octanol–water partition coefficient (Wildman–Crippen LogP) is 4.76. The first-order chi connectivity index (χ1) is 12.8. The van der Waals surface area contributed by atoms with Crippen molar-refractivity contribution in [1.29, 1.82) is 0 Å². The monoisotopic (exact) mass is 350 g/mol. The molecule has 26 heavy (non-hydrogen) atoms. The Morgan fingerprint density at radius 3 is 2.19 bits per heavy atom. The van der Waals surface area contributed by atoms with Crippen molar-refractivity contribution in [3.8, 4) is 11.3 Å². The van der Waals surface area contributed by atoms with Crippen LogP contribution in [0.25, 0.3) is 11.3 Å². The molecular weight excluding hydrogens is 320 g/mol. The van der Waals surface area contributed by atoms with Gasteiger partial charge in [0.2, 0.25) is 5.95 Å². The minimum absolute atomic E-state index is 0.814. The van der Waals surface area contributed by atoms with E-state index >= 15 is 0 Å². The Bertz CT molecular complexity index is 699. The van der Waals surface area contributed by atoms with Crippen LogP contribution in [-0.4, -0.2) is 36.1 Å². The molecule has 0 unspecified atom stereocenters. The maximum absolute atomic E-state index is 5.01. The van der Waals surface area contributed by atoms with Crippen molar-refractivity contribution in [3.63, 3.8) is 0 Å². The van der Waals surface area contributed by atoms with Crippen molar-refractivity contribution in [2.75, 3.05) is 36.0 Å². The van der Waals surface area contributed by atoms with Crippen molar-refractivity contribution in [1.82, 2.24) is 9.97 Å². The van der Waals surface area contributed by atoms with Crippen LogP contribution in [-0.2, 0) is 0 Å². The van der Waals surface area contributed by atoms with E-state index in [2.05, 4.69) is 53.1 Å². The molecule has 0 bridgehead atoms. The summed E-state index contributed by atoms with van der Waals surface area (Å²) >= 11 is 0. The minimum atomic E-state index is 0.814. The Labute approximate surface area is 157 Å². The summed E-state index contributed by atoms with van der Waals surface area (Å²) in [5, 5.41) is 0. The standard InChI is InChI=1S/C22H30N4/c1-18-11-15-26(16-12-18)22-23-20(19-9-5-4-6-10-19)17-21(24-22)25-13-7-2-3-8-14-25/h4-6,9-10,17-18H,2-3,7-8,11-16H2,1H3. The molecule has 2 aliphatic heterocycles. The molecule has 4 heteroatoms. The molecule has 2 aliphatic rings. The maximum Gasteiger partial charge on any atom is 0.227 e. The Balaban J connectivity index is 1.69. The van der Waals surface area contributed by atoms with E-state index < -0.39 is 0 Å². The molecule has 0 atom stereocenters. The second-order valence-corrected chi connectivity index (χ2v) is 7.85. The fraction of sp³-hybridized carbons (Fsp3) is 0.545. The lowest BCUT2D eigenvalue weighted by Gasteiger charge is -2.31. The molecule has 4 rings (SSSR count). The molecule has 0 spiro atoms. The van der Waals surface area contributed by atoms with Crippen LogP contribution in [0, 0.1) is 5.92 Å². The number of hydrogen-bond acceptors (Lipinski definition) is 4. The minimum Gasteiger partial charge on any atom is -0.356 e. The van der Waals surface area contributed by atoms with Gasteiger partial charge in [0, 0.05) is 37.8 Å². The van der Waals surface area contributed by atoms with Gasteiger partial charge in [-0.15, -0.1) is 0 Å². The molecule has 1 aromatic carbocycles. The van der Waals surface area contributed by atoms with Gasteiger partial charge in [0.25, 0.3) is 0 Å². The fourth-order valence-electron chi connectivity index (χ4n) is 3.99. The lowest BCUT2D eigenvalue weighted by Crippen LogP contribution is -2.35. The normalized spacial score (nSPS) is 19.4. The van der Waals surface area contributed by atoms with Gasteiger partial charge in [0.15, 0.2) is 0 Å². The van der Waals surface area contributed by atoms with Crippen molar-refractivity contribution < 1.29 is 0 Å². The van der Waals surface area contributed by atoms with E-state index in [1.165, 1.54) is 44.1 Å². The van der Waals surface area contributed by atoms with E-state index in [-0.39, 0.29) is 0 Å². The molecule has 0 N–H and O–H groups in total. The van der Waals surface area contributed by atoms with Gasteiger partial charge < -0.3 is 9.80 Å². The van der Waals surface area contributed by atoms with Crippen molar-refractivity contribution in [2.45, 2.75) is 45.4 Å². The molecule has 0 radical (unpaired) electrons. The average molecular weight is 351 g/mol. The van der Waals surface area contributed by atoms with Crippen LogP contribution in [0.2, 0.25) is 0 Å². The molecule has 0 aliphatic carbocycles. The third-order valence-electron chi connectivity index (χ3n) is 5.77. The zero-order chi connectivity index (χ0) is 17.8. The summed E-state index contributed by atoms with van der Waals surface area (Å²) in [5.74, 6) is 2.83. The van der Waals surface area contributed by atoms with E-state index in [9.17, 15) is 0 Å². The van der Waals surface area contributed by atoms with E-state index in [4.69, 9.17) is 9.97 Å². The summed E-state index contributed by atoms with van der Waals surface area (Å²) < 4.78 is 0. The predicted molar refractivity (Wildman–Crippen MR) is 109 cm³/mol. The SMILES string of the molecule is CC1CCN(c2nc(-c3ccccc3)cc(N3CCCCCC3)n2)CC1. The Hall–Kier alpha value is -2.10. The van der Waals surface area contributed by atoms with Crippen LogP contribution < -0.4 is 9.80 Å². The first kappa shape index (κ1) is 17.3. The maximum atomic E-state index is 5.01. The highest BCUT2D eigenvalue weighted by Gasteiger charge is 2.21. The van der Waals surface area contributed by atoms with E-state index in [0.29, 0.717) is 0 Å². The van der Waals surface area contributed by atoms with Gasteiger partial charge in [0.05, 0.1) is 5.69 Å². The molecule has 0 saturated carbocycles. The van der Waals surface area contributed by atoms with Crippen LogP contribution in [0.3, 0.4) is 0 Å². The summed E-state index contributed by atoms with van der Waals surface area (Å²) in [6, 6.07) is 12.7. The second kappa shape index (κ2) is 8.07. The van der Waals surface area contributed by atoms with Gasteiger partial charge in [-0.1, -0.05) is 50.1 Å². The van der Waals surface area contributed by atoms with Crippen LogP contribution in [0.4, 0.5) is 11.8 Å². The summed E-state index contributed by atoms with van der Waals surface area (Å²) in [6.45, 7) is 6.71. The van der Waals surface area contributed by atoms with Gasteiger partial charge in [0.1, 0.15) is 5.82 Å². The smallest absolute Gasteiger partial charge is 0.227 e. The number of hydrogen-bond donors (Lipinski definition) is 0. The topological polar surface area (TPSA) is 32.3 Å². The summed E-state index contributed by atoms with van der Waals surface area (Å²) in [6.07, 6.45) is 7.67. The lowest BCUT2D eigenvalue weighted by atomic mass is 10.00. The van der Waals surface area contributed by atoms with Crippen LogP contribution in [0.1, 0.15) is 45.4 Å². The third kappa shape index (κ3) is 4.00. The Morgan fingerprint density at radius 2 is 1.50 bits per heavy atom. The molecule has 3 heterocycles. The number of anilines is 2. The van der Waals surface area contributed by atoms with Gasteiger partial charge >= 0.3 is 0 Å².